The summed E-state index contributed by atoms with van der Waals surface area (Å²) < 4.78 is 42.0. The Kier molecular flexibility index (Phi) is 5.15. The van der Waals surface area contributed by atoms with Crippen molar-refractivity contribution in [2.24, 2.45) is 0 Å². The maximum absolute atomic E-state index is 13.2. The Morgan fingerprint density at radius 1 is 1.00 bits per heavy atom. The Hall–Kier alpha value is -1.54. The highest BCUT2D eigenvalue weighted by atomic mass is 79.9. The van der Waals surface area contributed by atoms with Crippen molar-refractivity contribution in [1.29, 1.82) is 0 Å². The number of sulfonamides is 1. The van der Waals surface area contributed by atoms with Crippen molar-refractivity contribution < 1.29 is 12.8 Å². The second-order valence-corrected chi connectivity index (χ2v) is 8.57. The molecule has 3 rings (SSSR count). The number of benzene rings is 2. The molecule has 1 atom stereocenters. The molecule has 0 saturated heterocycles. The van der Waals surface area contributed by atoms with E-state index in [0.29, 0.717) is 10.0 Å². The van der Waals surface area contributed by atoms with Crippen molar-refractivity contribution >= 4 is 37.3 Å². The third-order valence-electron chi connectivity index (χ3n) is 3.43. The zero-order chi connectivity index (χ0) is 17.2. The second-order valence-electron chi connectivity index (χ2n) is 5.05. The van der Waals surface area contributed by atoms with Gasteiger partial charge in [-0.15, -0.1) is 11.3 Å². The lowest BCUT2D eigenvalue weighted by Gasteiger charge is -2.19. The normalized spacial score (nSPS) is 12.9. The Balaban J connectivity index is 2.01. The van der Waals surface area contributed by atoms with Crippen molar-refractivity contribution in [2.75, 3.05) is 0 Å². The molecular weight excluding hydrogens is 413 g/mol. The first-order chi connectivity index (χ1) is 11.5. The minimum atomic E-state index is -3.76. The number of hydrogen-bond donors (Lipinski definition) is 1. The lowest BCUT2D eigenvalue weighted by molar-refractivity contribution is 0.572. The van der Waals surface area contributed by atoms with Crippen molar-refractivity contribution in [3.63, 3.8) is 0 Å². The summed E-state index contributed by atoms with van der Waals surface area (Å²) in [7, 11) is -3.76. The Labute approximate surface area is 152 Å². The molecule has 0 aliphatic heterocycles. The summed E-state index contributed by atoms with van der Waals surface area (Å²) in [5.41, 5.74) is 0.675. The van der Waals surface area contributed by atoms with Crippen LogP contribution in [0.4, 0.5) is 4.39 Å². The summed E-state index contributed by atoms with van der Waals surface area (Å²) in [5, 5.41) is 1.87. The molecule has 0 saturated carbocycles. The monoisotopic (exact) mass is 425 g/mol. The van der Waals surface area contributed by atoms with Crippen LogP contribution in [0.1, 0.15) is 16.5 Å². The van der Waals surface area contributed by atoms with E-state index in [-0.39, 0.29) is 10.7 Å². The minimum absolute atomic E-state index is 0.161. The fourth-order valence-electron chi connectivity index (χ4n) is 2.28. The molecule has 0 bridgehead atoms. The second kappa shape index (κ2) is 7.14. The summed E-state index contributed by atoms with van der Waals surface area (Å²) in [6.07, 6.45) is 0. The van der Waals surface area contributed by atoms with Crippen LogP contribution in [0.2, 0.25) is 0 Å². The van der Waals surface area contributed by atoms with Crippen molar-refractivity contribution in [3.05, 3.63) is 86.8 Å². The van der Waals surface area contributed by atoms with E-state index in [1.54, 1.807) is 30.3 Å². The third kappa shape index (κ3) is 3.75. The molecule has 0 spiro atoms. The smallest absolute Gasteiger partial charge is 0.207 e. The number of nitrogens with one attached hydrogen (secondary N) is 1. The van der Waals surface area contributed by atoms with Crippen LogP contribution in [-0.4, -0.2) is 8.42 Å². The van der Waals surface area contributed by atoms with Crippen LogP contribution in [0.25, 0.3) is 0 Å². The fraction of sp³-hybridized carbons (Fsp3) is 0.0588. The van der Waals surface area contributed by atoms with Gasteiger partial charge in [0.05, 0.1) is 10.9 Å². The average Bonchev–Trinajstić information content (AvgIpc) is 3.08. The molecule has 0 amide bonds. The van der Waals surface area contributed by atoms with Gasteiger partial charge in [0.15, 0.2) is 0 Å². The van der Waals surface area contributed by atoms with E-state index < -0.39 is 16.1 Å². The average molecular weight is 426 g/mol. The molecular formula is C17H13BrFNO2S2. The van der Waals surface area contributed by atoms with Gasteiger partial charge in [0.25, 0.3) is 0 Å². The minimum Gasteiger partial charge on any atom is -0.207 e. The number of rotatable bonds is 5. The Morgan fingerprint density at radius 2 is 1.71 bits per heavy atom. The summed E-state index contributed by atoms with van der Waals surface area (Å²) in [6.45, 7) is 0. The van der Waals surface area contributed by atoms with Gasteiger partial charge >= 0.3 is 0 Å². The first kappa shape index (κ1) is 17.3. The topological polar surface area (TPSA) is 46.2 Å². The van der Waals surface area contributed by atoms with Crippen LogP contribution in [0.5, 0.6) is 0 Å². The predicted molar refractivity (Wildman–Crippen MR) is 97.0 cm³/mol. The van der Waals surface area contributed by atoms with E-state index in [4.69, 9.17) is 0 Å². The predicted octanol–water partition coefficient (Wildman–Crippen LogP) is 4.72. The van der Waals surface area contributed by atoms with E-state index in [9.17, 15) is 12.8 Å². The molecule has 24 heavy (non-hydrogen) atoms. The van der Waals surface area contributed by atoms with Crippen LogP contribution in [0.15, 0.2) is 75.4 Å². The Bertz CT molecular complexity index is 925. The van der Waals surface area contributed by atoms with Gasteiger partial charge in [0.2, 0.25) is 10.0 Å². The highest BCUT2D eigenvalue weighted by Gasteiger charge is 2.25. The van der Waals surface area contributed by atoms with E-state index in [2.05, 4.69) is 20.7 Å². The van der Waals surface area contributed by atoms with E-state index in [0.717, 1.165) is 4.88 Å². The lowest BCUT2D eigenvalue weighted by Crippen LogP contribution is -2.29. The fourth-order valence-corrected chi connectivity index (χ4v) is 5.37. The van der Waals surface area contributed by atoms with Gasteiger partial charge in [-0.05, 0) is 57.2 Å². The molecule has 0 radical (unpaired) electrons. The van der Waals surface area contributed by atoms with Gasteiger partial charge in [0.1, 0.15) is 5.82 Å². The maximum atomic E-state index is 13.2. The van der Waals surface area contributed by atoms with Crippen LogP contribution < -0.4 is 4.72 Å². The summed E-state index contributed by atoms with van der Waals surface area (Å²) in [4.78, 5) is 0.992. The highest BCUT2D eigenvalue weighted by Crippen LogP contribution is 2.29. The molecule has 124 valence electrons. The maximum Gasteiger partial charge on any atom is 0.242 e. The molecule has 2 aromatic carbocycles. The van der Waals surface area contributed by atoms with Gasteiger partial charge in [-0.25, -0.2) is 12.8 Å². The zero-order valence-electron chi connectivity index (χ0n) is 12.3. The summed E-state index contributed by atoms with van der Waals surface area (Å²) in [6, 6.07) is 15.6. The summed E-state index contributed by atoms with van der Waals surface area (Å²) >= 11 is 4.71. The summed E-state index contributed by atoms with van der Waals surface area (Å²) in [5.74, 6) is -0.364. The molecule has 0 unspecified atom stereocenters. The van der Waals surface area contributed by atoms with Crippen molar-refractivity contribution in [1.82, 2.24) is 4.72 Å². The van der Waals surface area contributed by atoms with E-state index in [1.165, 1.54) is 29.5 Å². The molecule has 1 aromatic heterocycles. The SMILES string of the molecule is O=S(=O)(N[C@H](c1ccc(F)cc1)c1cccs1)c1ccccc1Br. The number of thiophene rings is 1. The van der Waals surface area contributed by atoms with Crippen molar-refractivity contribution in [2.45, 2.75) is 10.9 Å². The van der Waals surface area contributed by atoms with Crippen LogP contribution in [0.3, 0.4) is 0 Å². The molecule has 1 N–H and O–H groups in total. The molecule has 1 heterocycles. The van der Waals surface area contributed by atoms with Gasteiger partial charge < -0.3 is 0 Å². The largest absolute Gasteiger partial charge is 0.242 e. The quantitative estimate of drug-likeness (QED) is 0.642. The van der Waals surface area contributed by atoms with Crippen LogP contribution in [0, 0.1) is 5.82 Å². The van der Waals surface area contributed by atoms with Crippen molar-refractivity contribution in [3.8, 4) is 0 Å². The highest BCUT2D eigenvalue weighted by molar-refractivity contribution is 9.10. The number of halogens is 2. The molecule has 0 aliphatic carbocycles. The third-order valence-corrected chi connectivity index (χ3v) is 6.80. The molecule has 0 aliphatic rings. The van der Waals surface area contributed by atoms with Crippen LogP contribution in [-0.2, 0) is 10.0 Å². The van der Waals surface area contributed by atoms with Gasteiger partial charge in [-0.3, -0.25) is 0 Å². The van der Waals surface area contributed by atoms with E-state index >= 15 is 0 Å². The first-order valence-corrected chi connectivity index (χ1v) is 10.2. The van der Waals surface area contributed by atoms with Gasteiger partial charge in [0, 0.05) is 9.35 Å². The molecule has 3 nitrogen and oxygen atoms in total. The first-order valence-electron chi connectivity index (χ1n) is 7.03. The molecule has 0 fully saturated rings. The molecule has 7 heteroatoms. The standard InChI is InChI=1S/C17H13BrFNO2S2/c18-14-4-1-2-6-16(14)24(21,22)20-17(15-5-3-11-23-15)12-7-9-13(19)10-8-12/h1-11,17,20H/t17-/m1/s1. The van der Waals surface area contributed by atoms with Gasteiger partial charge in [-0.1, -0.05) is 30.3 Å². The molecule has 3 aromatic rings. The van der Waals surface area contributed by atoms with Crippen LogP contribution >= 0.6 is 27.3 Å². The van der Waals surface area contributed by atoms with E-state index in [1.807, 2.05) is 17.5 Å². The van der Waals surface area contributed by atoms with Gasteiger partial charge in [-0.2, -0.15) is 4.72 Å². The lowest BCUT2D eigenvalue weighted by atomic mass is 10.1. The zero-order valence-corrected chi connectivity index (χ0v) is 15.5. The Morgan fingerprint density at radius 3 is 2.33 bits per heavy atom. The number of hydrogen-bond acceptors (Lipinski definition) is 3.